The van der Waals surface area contributed by atoms with Gasteiger partial charge in [0.1, 0.15) is 9.84 Å². The zero-order valence-electron chi connectivity index (χ0n) is 17.6. The molecule has 0 aliphatic rings. The van der Waals surface area contributed by atoms with Gasteiger partial charge in [-0.15, -0.1) is 0 Å². The highest BCUT2D eigenvalue weighted by molar-refractivity contribution is 7.90. The number of benzene rings is 1. The second kappa shape index (κ2) is 8.85. The molecule has 0 saturated heterocycles. The van der Waals surface area contributed by atoms with Crippen molar-refractivity contribution in [1.29, 1.82) is 0 Å². The molecule has 0 fully saturated rings. The number of aromatic amines is 1. The van der Waals surface area contributed by atoms with Crippen molar-refractivity contribution >= 4 is 21.0 Å². The van der Waals surface area contributed by atoms with E-state index >= 15 is 0 Å². The van der Waals surface area contributed by atoms with Gasteiger partial charge >= 0.3 is 11.9 Å². The maximum atomic E-state index is 13.0. The summed E-state index contributed by atoms with van der Waals surface area (Å²) in [7, 11) is -2.07. The van der Waals surface area contributed by atoms with E-state index in [1.165, 1.54) is 7.11 Å². The Hall–Kier alpha value is -3.02. The summed E-state index contributed by atoms with van der Waals surface area (Å²) >= 11 is 0. The van der Waals surface area contributed by atoms with E-state index in [0.717, 1.165) is 16.9 Å². The van der Waals surface area contributed by atoms with Crippen molar-refractivity contribution in [2.75, 3.05) is 25.7 Å². The van der Waals surface area contributed by atoms with E-state index in [2.05, 4.69) is 9.97 Å². The molecule has 32 heavy (non-hydrogen) atoms. The molecule has 1 atom stereocenters. The Kier molecular flexibility index (Phi) is 6.54. The van der Waals surface area contributed by atoms with E-state index in [9.17, 15) is 26.4 Å². The Morgan fingerprint density at radius 2 is 1.94 bits per heavy atom. The number of halogens is 3. The van der Waals surface area contributed by atoms with Crippen molar-refractivity contribution in [3.05, 3.63) is 52.1 Å². The molecule has 0 amide bonds. The summed E-state index contributed by atoms with van der Waals surface area (Å²) in [6.45, 7) is 2.17. The monoisotopic (exact) mass is 473 g/mol. The van der Waals surface area contributed by atoms with Crippen LogP contribution in [0, 0.1) is 0 Å². The Bertz CT molecular complexity index is 1280. The predicted molar refractivity (Wildman–Crippen MR) is 112 cm³/mol. The number of hydrogen-bond donors (Lipinski definition) is 1. The van der Waals surface area contributed by atoms with Gasteiger partial charge in [0.05, 0.1) is 36.6 Å². The highest BCUT2D eigenvalue weighted by atomic mass is 32.2. The molecule has 0 spiro atoms. The van der Waals surface area contributed by atoms with Crippen molar-refractivity contribution in [2.24, 2.45) is 0 Å². The number of nitrogens with one attached hydrogen (secondary N) is 1. The van der Waals surface area contributed by atoms with Crippen molar-refractivity contribution < 1.29 is 31.1 Å². The number of fused-ring (bicyclic) bond motifs is 1. The Morgan fingerprint density at radius 1 is 1.22 bits per heavy atom. The summed E-state index contributed by atoms with van der Waals surface area (Å²) in [4.78, 5) is 18.8. The molecule has 0 aliphatic carbocycles. The van der Waals surface area contributed by atoms with Crippen LogP contribution in [0.2, 0.25) is 0 Å². The summed E-state index contributed by atoms with van der Waals surface area (Å²) in [6.07, 6.45) is -2.91. The van der Waals surface area contributed by atoms with Crippen LogP contribution in [0.4, 0.5) is 13.2 Å². The molecule has 1 aromatic carbocycles. The summed E-state index contributed by atoms with van der Waals surface area (Å²) < 4.78 is 75.1. The van der Waals surface area contributed by atoms with Crippen LogP contribution in [-0.2, 0) is 22.4 Å². The van der Waals surface area contributed by atoms with Crippen molar-refractivity contribution in [3.8, 4) is 11.5 Å². The van der Waals surface area contributed by atoms with Gasteiger partial charge in [0.15, 0.2) is 17.1 Å². The molecular weight excluding hydrogens is 451 g/mol. The molecule has 3 rings (SSSR count). The van der Waals surface area contributed by atoms with Gasteiger partial charge in [0.2, 0.25) is 0 Å². The van der Waals surface area contributed by atoms with Crippen LogP contribution in [0.15, 0.2) is 35.3 Å². The van der Waals surface area contributed by atoms with Crippen molar-refractivity contribution in [2.45, 2.75) is 25.6 Å². The van der Waals surface area contributed by atoms with Gasteiger partial charge in [-0.2, -0.15) is 13.2 Å². The minimum atomic E-state index is -4.63. The first-order valence-corrected chi connectivity index (χ1v) is 11.6. The van der Waals surface area contributed by atoms with Crippen molar-refractivity contribution in [1.82, 2.24) is 14.5 Å². The minimum absolute atomic E-state index is 0.0600. The standard InChI is InChI=1S/C20H22F3N3O5S/c1-4-31-17-8-12(5-6-16(17)30-2)7-14(11-32(3,28)29)26-18-15(25-19(26)27)9-13(10-24-18)20(21,22)23/h5-6,8-10,14H,4,7,11H2,1-3H3,(H,25,27). The number of sulfone groups is 1. The lowest BCUT2D eigenvalue weighted by Gasteiger charge is -2.19. The first-order chi connectivity index (χ1) is 14.9. The highest BCUT2D eigenvalue weighted by Gasteiger charge is 2.32. The van der Waals surface area contributed by atoms with Gasteiger partial charge < -0.3 is 14.5 Å². The Labute approximate surface area is 181 Å². The van der Waals surface area contributed by atoms with Gasteiger partial charge in [-0.05, 0) is 37.1 Å². The van der Waals surface area contributed by atoms with Crippen LogP contribution in [0.3, 0.4) is 0 Å². The molecule has 8 nitrogen and oxygen atoms in total. The zero-order valence-corrected chi connectivity index (χ0v) is 18.4. The van der Waals surface area contributed by atoms with Gasteiger partial charge in [-0.1, -0.05) is 6.07 Å². The number of rotatable bonds is 8. The molecule has 2 aromatic heterocycles. The number of hydrogen-bond acceptors (Lipinski definition) is 6. The van der Waals surface area contributed by atoms with Gasteiger partial charge in [0, 0.05) is 12.5 Å². The highest BCUT2D eigenvalue weighted by Crippen LogP contribution is 2.32. The number of H-pyrrole nitrogens is 1. The van der Waals surface area contributed by atoms with Crippen LogP contribution < -0.4 is 15.2 Å². The molecule has 0 aliphatic heterocycles. The fourth-order valence-electron chi connectivity index (χ4n) is 3.47. The number of imidazole rings is 1. The van der Waals surface area contributed by atoms with E-state index in [0.29, 0.717) is 29.9 Å². The number of ether oxygens (including phenoxy) is 2. The lowest BCUT2D eigenvalue weighted by molar-refractivity contribution is -0.137. The molecule has 1 N–H and O–H groups in total. The lowest BCUT2D eigenvalue weighted by atomic mass is 10.1. The van der Waals surface area contributed by atoms with E-state index in [-0.39, 0.29) is 17.6 Å². The third-order valence-corrected chi connectivity index (χ3v) is 5.73. The Balaban J connectivity index is 2.09. The first-order valence-electron chi connectivity index (χ1n) is 9.57. The number of aromatic nitrogens is 3. The van der Waals surface area contributed by atoms with Crippen LogP contribution in [-0.4, -0.2) is 48.7 Å². The van der Waals surface area contributed by atoms with Crippen LogP contribution >= 0.6 is 0 Å². The maximum absolute atomic E-state index is 13.0. The summed E-state index contributed by atoms with van der Waals surface area (Å²) in [5, 5.41) is 0. The topological polar surface area (TPSA) is 103 Å². The molecular formula is C20H22F3N3O5S. The second-order valence-electron chi connectivity index (χ2n) is 7.26. The zero-order chi connectivity index (χ0) is 23.7. The summed E-state index contributed by atoms with van der Waals surface area (Å²) in [5.41, 5.74) is -1.31. The fraction of sp³-hybridized carbons (Fsp3) is 0.400. The summed E-state index contributed by atoms with van der Waals surface area (Å²) in [5.74, 6) is 0.518. The number of pyridine rings is 1. The van der Waals surface area contributed by atoms with Crippen LogP contribution in [0.5, 0.6) is 11.5 Å². The molecule has 0 saturated carbocycles. The number of methoxy groups -OCH3 is 1. The molecule has 0 radical (unpaired) electrons. The molecule has 3 aromatic rings. The number of nitrogens with zero attached hydrogens (tertiary/aromatic N) is 2. The summed E-state index contributed by atoms with van der Waals surface area (Å²) in [6, 6.07) is 4.89. The SMILES string of the molecule is CCOc1cc(CC(CS(C)(=O)=O)n2c(=O)[nH]c3cc(C(F)(F)F)cnc32)ccc1OC. The van der Waals surface area contributed by atoms with Gasteiger partial charge in [0.25, 0.3) is 0 Å². The van der Waals surface area contributed by atoms with Gasteiger partial charge in [-0.25, -0.2) is 18.2 Å². The molecule has 174 valence electrons. The number of alkyl halides is 3. The first kappa shape index (κ1) is 23.6. The smallest absolute Gasteiger partial charge is 0.417 e. The van der Waals surface area contributed by atoms with Crippen LogP contribution in [0.25, 0.3) is 11.2 Å². The second-order valence-corrected chi connectivity index (χ2v) is 9.45. The minimum Gasteiger partial charge on any atom is -0.493 e. The average molecular weight is 473 g/mol. The average Bonchev–Trinajstić information content (AvgIpc) is 3.01. The van der Waals surface area contributed by atoms with E-state index in [1.807, 2.05) is 0 Å². The maximum Gasteiger partial charge on any atom is 0.417 e. The third kappa shape index (κ3) is 5.23. The quantitative estimate of drug-likeness (QED) is 0.540. The third-order valence-electron chi connectivity index (χ3n) is 4.74. The van der Waals surface area contributed by atoms with E-state index < -0.39 is 39.1 Å². The van der Waals surface area contributed by atoms with Crippen LogP contribution in [0.1, 0.15) is 24.1 Å². The lowest BCUT2D eigenvalue weighted by Crippen LogP contribution is -2.29. The normalized spacial score (nSPS) is 13.3. The fourth-order valence-corrected chi connectivity index (χ4v) is 4.44. The predicted octanol–water partition coefficient (Wildman–Crippen LogP) is 2.98. The molecule has 1 unspecified atom stereocenters. The van der Waals surface area contributed by atoms with E-state index in [4.69, 9.17) is 9.47 Å². The van der Waals surface area contributed by atoms with Gasteiger partial charge in [-0.3, -0.25) is 4.57 Å². The molecule has 0 bridgehead atoms. The largest absolute Gasteiger partial charge is 0.493 e. The molecule has 12 heteroatoms. The van der Waals surface area contributed by atoms with E-state index in [1.54, 1.807) is 25.1 Å². The van der Waals surface area contributed by atoms with Crippen molar-refractivity contribution in [3.63, 3.8) is 0 Å². The Morgan fingerprint density at radius 3 is 2.53 bits per heavy atom. The molecule has 2 heterocycles.